The summed E-state index contributed by atoms with van der Waals surface area (Å²) in [6, 6.07) is 0. The Morgan fingerprint density at radius 2 is 2.12 bits per heavy atom. The van der Waals surface area contributed by atoms with Crippen molar-refractivity contribution in [2.24, 2.45) is 0 Å². The number of carbonyl (C=O) groups is 1. The monoisotopic (exact) mass is 310 g/mol. The predicted octanol–water partition coefficient (Wildman–Crippen LogP) is 2.78. The second-order valence-corrected chi connectivity index (χ2v) is 5.93. The fourth-order valence-corrected chi connectivity index (χ4v) is 2.78. The first kappa shape index (κ1) is 11.9. The van der Waals surface area contributed by atoms with Gasteiger partial charge in [-0.1, -0.05) is 0 Å². The van der Waals surface area contributed by atoms with Crippen LogP contribution in [0.4, 0.5) is 8.78 Å². The Morgan fingerprint density at radius 3 is 2.62 bits per heavy atom. The van der Waals surface area contributed by atoms with Crippen molar-refractivity contribution in [3.8, 4) is 0 Å². The van der Waals surface area contributed by atoms with Gasteiger partial charge in [0.2, 0.25) is 0 Å². The molecule has 0 spiro atoms. The van der Waals surface area contributed by atoms with E-state index in [2.05, 4.69) is 20.9 Å². The molecule has 3 nitrogen and oxygen atoms in total. The molecule has 1 fully saturated rings. The molecule has 1 amide bonds. The summed E-state index contributed by atoms with van der Waals surface area (Å²) in [6.45, 7) is 0.225. The first-order valence-electron chi connectivity index (χ1n) is 4.76. The predicted molar refractivity (Wildman–Crippen MR) is 59.9 cm³/mol. The zero-order chi connectivity index (χ0) is 11.8. The number of rotatable bonds is 1. The van der Waals surface area contributed by atoms with Gasteiger partial charge in [-0.15, -0.1) is 11.3 Å². The molecule has 2 rings (SSSR count). The van der Waals surface area contributed by atoms with Crippen molar-refractivity contribution in [3.05, 3.63) is 15.0 Å². The van der Waals surface area contributed by atoms with Gasteiger partial charge in [-0.05, 0) is 15.9 Å². The van der Waals surface area contributed by atoms with Gasteiger partial charge in [0.25, 0.3) is 11.8 Å². The normalized spacial score (nSPS) is 19.8. The van der Waals surface area contributed by atoms with Gasteiger partial charge >= 0.3 is 0 Å². The Balaban J connectivity index is 2.02. The van der Waals surface area contributed by atoms with Crippen molar-refractivity contribution in [2.45, 2.75) is 18.8 Å². The summed E-state index contributed by atoms with van der Waals surface area (Å²) in [5.41, 5.74) is 0. The summed E-state index contributed by atoms with van der Waals surface area (Å²) in [4.78, 5) is 17.7. The maximum absolute atomic E-state index is 12.9. The van der Waals surface area contributed by atoms with Gasteiger partial charge < -0.3 is 4.90 Å². The summed E-state index contributed by atoms with van der Waals surface area (Å²) in [6.07, 6.45) is 0.960. The molecule has 16 heavy (non-hydrogen) atoms. The van der Waals surface area contributed by atoms with Crippen molar-refractivity contribution in [1.82, 2.24) is 9.88 Å². The van der Waals surface area contributed by atoms with Gasteiger partial charge in [0, 0.05) is 25.9 Å². The minimum Gasteiger partial charge on any atom is -0.337 e. The number of hydrogen-bond acceptors (Lipinski definition) is 3. The van der Waals surface area contributed by atoms with Crippen LogP contribution in [0.2, 0.25) is 0 Å². The number of alkyl halides is 2. The molecule has 0 atom stereocenters. The van der Waals surface area contributed by atoms with Crippen LogP contribution in [-0.4, -0.2) is 34.8 Å². The Labute approximate surface area is 104 Å². The van der Waals surface area contributed by atoms with Crippen LogP contribution in [-0.2, 0) is 0 Å². The number of likely N-dealkylation sites (tertiary alicyclic amines) is 1. The highest BCUT2D eigenvalue weighted by molar-refractivity contribution is 9.11. The molecule has 1 saturated heterocycles. The Kier molecular flexibility index (Phi) is 3.25. The zero-order valence-corrected chi connectivity index (χ0v) is 10.7. The molecular weight excluding hydrogens is 302 g/mol. The summed E-state index contributed by atoms with van der Waals surface area (Å²) in [5.74, 6) is -2.83. The molecule has 2 heterocycles. The SMILES string of the molecule is O=C(c1cnc(Br)s1)N1CCC(F)(F)CC1. The third kappa shape index (κ3) is 2.57. The van der Waals surface area contributed by atoms with E-state index in [1.165, 1.54) is 22.4 Å². The van der Waals surface area contributed by atoms with Crippen LogP contribution < -0.4 is 0 Å². The molecular formula is C9H9BrF2N2OS. The minimum atomic E-state index is -2.62. The summed E-state index contributed by atoms with van der Waals surface area (Å²) in [5, 5.41) is 0. The van der Waals surface area contributed by atoms with Gasteiger partial charge in [0.1, 0.15) is 4.88 Å². The molecule has 0 aliphatic carbocycles. The van der Waals surface area contributed by atoms with Crippen LogP contribution in [0.1, 0.15) is 22.5 Å². The quantitative estimate of drug-likeness (QED) is 0.799. The van der Waals surface area contributed by atoms with E-state index in [-0.39, 0.29) is 31.8 Å². The molecule has 1 aliphatic heterocycles. The van der Waals surface area contributed by atoms with Gasteiger partial charge in [-0.3, -0.25) is 4.79 Å². The lowest BCUT2D eigenvalue weighted by Gasteiger charge is -2.31. The molecule has 7 heteroatoms. The molecule has 1 aliphatic rings. The number of halogens is 3. The number of piperidine rings is 1. The number of thiazole rings is 1. The molecule has 0 unspecified atom stereocenters. The molecule has 1 aromatic heterocycles. The lowest BCUT2D eigenvalue weighted by Crippen LogP contribution is -2.42. The highest BCUT2D eigenvalue weighted by Gasteiger charge is 2.36. The number of hydrogen-bond donors (Lipinski definition) is 0. The number of amides is 1. The lowest BCUT2D eigenvalue weighted by molar-refractivity contribution is -0.0493. The van der Waals surface area contributed by atoms with Crippen LogP contribution in [0.25, 0.3) is 0 Å². The average molecular weight is 311 g/mol. The zero-order valence-electron chi connectivity index (χ0n) is 8.25. The number of aromatic nitrogens is 1. The van der Waals surface area contributed by atoms with Gasteiger partial charge in [0.15, 0.2) is 3.92 Å². The first-order valence-corrected chi connectivity index (χ1v) is 6.37. The third-order valence-electron chi connectivity index (χ3n) is 2.47. The maximum atomic E-state index is 12.9. The first-order chi connectivity index (χ1) is 7.48. The fourth-order valence-electron chi connectivity index (χ4n) is 1.54. The standard InChI is InChI=1S/C9H9BrF2N2OS/c10-8-13-5-6(16-8)7(15)14-3-1-9(11,12)2-4-14/h5H,1-4H2. The Hall–Kier alpha value is -0.560. The summed E-state index contributed by atoms with van der Waals surface area (Å²) in [7, 11) is 0. The largest absolute Gasteiger partial charge is 0.337 e. The van der Waals surface area contributed by atoms with Gasteiger partial charge in [-0.25, -0.2) is 13.8 Å². The summed E-state index contributed by atoms with van der Waals surface area (Å²) >= 11 is 4.38. The smallest absolute Gasteiger partial charge is 0.265 e. The van der Waals surface area contributed by atoms with Crippen molar-refractivity contribution in [3.63, 3.8) is 0 Å². The molecule has 88 valence electrons. The van der Waals surface area contributed by atoms with Crippen LogP contribution >= 0.6 is 27.3 Å². The second kappa shape index (κ2) is 4.37. The maximum Gasteiger partial charge on any atom is 0.265 e. The highest BCUT2D eigenvalue weighted by Crippen LogP contribution is 2.29. The minimum absolute atomic E-state index is 0.112. The average Bonchev–Trinajstić information content (AvgIpc) is 2.64. The van der Waals surface area contributed by atoms with Crippen LogP contribution in [0.5, 0.6) is 0 Å². The summed E-state index contributed by atoms with van der Waals surface area (Å²) < 4.78 is 26.4. The van der Waals surface area contributed by atoms with Crippen molar-refractivity contribution < 1.29 is 13.6 Å². The second-order valence-electron chi connectivity index (χ2n) is 3.63. The van der Waals surface area contributed by atoms with Crippen LogP contribution in [0, 0.1) is 0 Å². The third-order valence-corrected chi connectivity index (χ3v) is 3.93. The number of carbonyl (C=O) groups excluding carboxylic acids is 1. The highest BCUT2D eigenvalue weighted by atomic mass is 79.9. The van der Waals surface area contributed by atoms with Crippen molar-refractivity contribution >= 4 is 33.2 Å². The van der Waals surface area contributed by atoms with Gasteiger partial charge in [0.05, 0.1) is 6.20 Å². The Morgan fingerprint density at radius 1 is 1.50 bits per heavy atom. The van der Waals surface area contributed by atoms with Gasteiger partial charge in [-0.2, -0.15) is 0 Å². The van der Waals surface area contributed by atoms with E-state index in [1.807, 2.05) is 0 Å². The molecule has 0 N–H and O–H groups in total. The Bertz CT molecular complexity index is 400. The van der Waals surface area contributed by atoms with Crippen LogP contribution in [0.3, 0.4) is 0 Å². The van der Waals surface area contributed by atoms with E-state index in [1.54, 1.807) is 0 Å². The van der Waals surface area contributed by atoms with Crippen molar-refractivity contribution in [2.75, 3.05) is 13.1 Å². The molecule has 0 aromatic carbocycles. The van der Waals surface area contributed by atoms with E-state index < -0.39 is 5.92 Å². The fraction of sp³-hybridized carbons (Fsp3) is 0.556. The molecule has 0 bridgehead atoms. The molecule has 0 saturated carbocycles. The topological polar surface area (TPSA) is 33.2 Å². The van der Waals surface area contributed by atoms with E-state index in [0.717, 1.165) is 0 Å². The van der Waals surface area contributed by atoms with Crippen LogP contribution in [0.15, 0.2) is 10.1 Å². The molecule has 0 radical (unpaired) electrons. The molecule has 1 aromatic rings. The van der Waals surface area contributed by atoms with E-state index >= 15 is 0 Å². The van der Waals surface area contributed by atoms with E-state index in [0.29, 0.717) is 8.79 Å². The number of nitrogens with zero attached hydrogens (tertiary/aromatic N) is 2. The lowest BCUT2D eigenvalue weighted by atomic mass is 10.1. The van der Waals surface area contributed by atoms with Crippen molar-refractivity contribution in [1.29, 1.82) is 0 Å². The van der Waals surface area contributed by atoms with E-state index in [4.69, 9.17) is 0 Å². The van der Waals surface area contributed by atoms with E-state index in [9.17, 15) is 13.6 Å².